The molecule has 0 aliphatic carbocycles. The molecule has 2 fully saturated rings. The number of halogens is 4. The molecular formula is C24H32F4N4. The molecule has 0 saturated carbocycles. The van der Waals surface area contributed by atoms with Gasteiger partial charge in [-0.15, -0.1) is 0 Å². The van der Waals surface area contributed by atoms with Crippen LogP contribution in [0.15, 0.2) is 60.7 Å². The second-order valence-corrected chi connectivity index (χ2v) is 8.18. The lowest BCUT2D eigenvalue weighted by molar-refractivity contribution is -0.0300. The van der Waals surface area contributed by atoms with E-state index >= 15 is 0 Å². The van der Waals surface area contributed by atoms with Crippen molar-refractivity contribution in [1.29, 1.82) is 0 Å². The van der Waals surface area contributed by atoms with Crippen molar-refractivity contribution in [2.24, 2.45) is 0 Å². The van der Waals surface area contributed by atoms with E-state index < -0.39 is 24.9 Å². The van der Waals surface area contributed by atoms with Crippen LogP contribution in [-0.4, -0.2) is 74.0 Å². The third kappa shape index (κ3) is 7.85. The number of piperazine rings is 2. The summed E-state index contributed by atoms with van der Waals surface area (Å²) < 4.78 is 50.7. The van der Waals surface area contributed by atoms with Crippen LogP contribution in [0.5, 0.6) is 0 Å². The van der Waals surface area contributed by atoms with Gasteiger partial charge in [0.25, 0.3) is 12.9 Å². The van der Waals surface area contributed by atoms with Crippen molar-refractivity contribution < 1.29 is 17.6 Å². The van der Waals surface area contributed by atoms with Gasteiger partial charge in [-0.3, -0.25) is 9.80 Å². The summed E-state index contributed by atoms with van der Waals surface area (Å²) >= 11 is 0. The zero-order chi connectivity index (χ0) is 22.8. The minimum absolute atomic E-state index is 0.387. The molecule has 2 unspecified atom stereocenters. The maximum Gasteiger partial charge on any atom is 0.255 e. The van der Waals surface area contributed by atoms with E-state index in [1.807, 2.05) is 65.6 Å². The fourth-order valence-corrected chi connectivity index (χ4v) is 4.00. The molecule has 2 atom stereocenters. The molecule has 0 aromatic heterocycles. The first-order valence-corrected chi connectivity index (χ1v) is 11.1. The summed E-state index contributed by atoms with van der Waals surface area (Å²) in [5.41, 5.74) is 2.27. The van der Waals surface area contributed by atoms with Crippen molar-refractivity contribution >= 4 is 0 Å². The molecule has 0 bridgehead atoms. The molecule has 2 aromatic carbocycles. The summed E-state index contributed by atoms with van der Waals surface area (Å²) in [5, 5.41) is 5.58. The third-order valence-corrected chi connectivity index (χ3v) is 5.76. The molecule has 4 rings (SSSR count). The largest absolute Gasteiger partial charge is 0.314 e. The number of hydrogen-bond acceptors (Lipinski definition) is 4. The zero-order valence-corrected chi connectivity index (χ0v) is 18.1. The Morgan fingerprint density at radius 2 is 1.41 bits per heavy atom. The fraction of sp³-hybridized carbons (Fsp3) is 0.500. The Morgan fingerprint density at radius 3 is 1.91 bits per heavy atom. The van der Waals surface area contributed by atoms with Crippen LogP contribution in [0.3, 0.4) is 0 Å². The van der Waals surface area contributed by atoms with Gasteiger partial charge in [0.1, 0.15) is 0 Å². The Kier molecular flexibility index (Phi) is 9.92. The van der Waals surface area contributed by atoms with E-state index in [-0.39, 0.29) is 0 Å². The minimum Gasteiger partial charge on any atom is -0.314 e. The summed E-state index contributed by atoms with van der Waals surface area (Å²) in [7, 11) is 0. The number of alkyl halides is 4. The molecule has 176 valence electrons. The number of nitrogens with zero attached hydrogens (tertiary/aromatic N) is 2. The molecule has 2 saturated heterocycles. The van der Waals surface area contributed by atoms with E-state index in [1.54, 1.807) is 0 Å². The van der Waals surface area contributed by atoms with Crippen LogP contribution in [0.1, 0.15) is 11.1 Å². The van der Waals surface area contributed by atoms with Gasteiger partial charge >= 0.3 is 0 Å². The lowest BCUT2D eigenvalue weighted by Gasteiger charge is -2.41. The first-order chi connectivity index (χ1) is 15.5. The molecule has 2 aliphatic rings. The lowest BCUT2D eigenvalue weighted by atomic mass is 10.1. The molecule has 2 aromatic rings. The predicted molar refractivity (Wildman–Crippen MR) is 119 cm³/mol. The fourth-order valence-electron chi connectivity index (χ4n) is 4.00. The van der Waals surface area contributed by atoms with Crippen molar-refractivity contribution in [3.8, 4) is 0 Å². The zero-order valence-electron chi connectivity index (χ0n) is 18.1. The summed E-state index contributed by atoms with van der Waals surface area (Å²) in [6, 6.07) is 18.6. The van der Waals surface area contributed by atoms with Crippen molar-refractivity contribution in [1.82, 2.24) is 20.4 Å². The Bertz CT molecular complexity index is 757. The van der Waals surface area contributed by atoms with Gasteiger partial charge in [-0.05, 0) is 11.1 Å². The quantitative estimate of drug-likeness (QED) is 0.658. The van der Waals surface area contributed by atoms with Gasteiger partial charge in [0.05, 0.1) is 12.1 Å². The average Bonchev–Trinajstić information content (AvgIpc) is 2.82. The summed E-state index contributed by atoms with van der Waals surface area (Å²) in [6.07, 6.45) is -4.56. The Morgan fingerprint density at radius 1 is 0.781 bits per heavy atom. The summed E-state index contributed by atoms with van der Waals surface area (Å²) in [4.78, 5) is 4.05. The van der Waals surface area contributed by atoms with Crippen LogP contribution in [0.4, 0.5) is 17.6 Å². The monoisotopic (exact) mass is 452 g/mol. The first kappa shape index (κ1) is 24.6. The maximum atomic E-state index is 13.5. The Hall–Kier alpha value is -2.00. The standard InChI is InChI=1S/C19H22F2N2.C5H10F2N2/c20-19(21)18-15-22(13-16-7-3-1-4-8-16)11-12-23(18)14-17-9-5-2-6-10-17;6-5(7)4-3-8-1-2-9-4/h1-10,18-19H,11-15H2;4-5,8-9H,1-3H2. The second kappa shape index (κ2) is 12.9. The highest BCUT2D eigenvalue weighted by Gasteiger charge is 2.33. The number of rotatable bonds is 6. The number of benzene rings is 2. The van der Waals surface area contributed by atoms with Crippen LogP contribution < -0.4 is 10.6 Å². The van der Waals surface area contributed by atoms with Crippen LogP contribution >= 0.6 is 0 Å². The molecule has 2 heterocycles. The van der Waals surface area contributed by atoms with E-state index in [0.29, 0.717) is 32.7 Å². The molecule has 2 N–H and O–H groups in total. The third-order valence-electron chi connectivity index (χ3n) is 5.76. The molecular weight excluding hydrogens is 420 g/mol. The smallest absolute Gasteiger partial charge is 0.255 e. The molecule has 0 radical (unpaired) electrons. The van der Waals surface area contributed by atoms with E-state index in [9.17, 15) is 17.6 Å². The van der Waals surface area contributed by atoms with E-state index in [2.05, 4.69) is 15.5 Å². The van der Waals surface area contributed by atoms with Crippen LogP contribution in [0.25, 0.3) is 0 Å². The molecule has 32 heavy (non-hydrogen) atoms. The van der Waals surface area contributed by atoms with Gasteiger partial charge in [-0.1, -0.05) is 60.7 Å². The van der Waals surface area contributed by atoms with Crippen molar-refractivity contribution in [3.05, 3.63) is 71.8 Å². The number of hydrogen-bond donors (Lipinski definition) is 2. The normalized spacial score (nSPS) is 22.6. The summed E-state index contributed by atoms with van der Waals surface area (Å²) in [6.45, 7) is 5.08. The molecule has 4 nitrogen and oxygen atoms in total. The van der Waals surface area contributed by atoms with Gasteiger partial charge in [-0.25, -0.2) is 17.6 Å². The minimum atomic E-state index is -2.32. The van der Waals surface area contributed by atoms with E-state index in [1.165, 1.54) is 5.56 Å². The highest BCUT2D eigenvalue weighted by Crippen LogP contribution is 2.20. The predicted octanol–water partition coefficient (Wildman–Crippen LogP) is 3.45. The Balaban J connectivity index is 0.000000269. The van der Waals surface area contributed by atoms with Gasteiger partial charge in [-0.2, -0.15) is 0 Å². The van der Waals surface area contributed by atoms with Crippen molar-refractivity contribution in [2.45, 2.75) is 38.0 Å². The molecule has 0 amide bonds. The SMILES string of the molecule is FC(F)C1CN(Cc2ccccc2)CCN1Cc1ccccc1.FC(F)C1CNCCN1. The number of nitrogens with one attached hydrogen (secondary N) is 2. The van der Waals surface area contributed by atoms with Gasteiger partial charge in [0.2, 0.25) is 0 Å². The highest BCUT2D eigenvalue weighted by atomic mass is 19.3. The summed E-state index contributed by atoms with van der Waals surface area (Å²) in [5.74, 6) is 0. The van der Waals surface area contributed by atoms with Crippen LogP contribution in [-0.2, 0) is 13.1 Å². The van der Waals surface area contributed by atoms with E-state index in [4.69, 9.17) is 0 Å². The molecule has 0 spiro atoms. The second-order valence-electron chi connectivity index (χ2n) is 8.18. The maximum absolute atomic E-state index is 13.5. The Labute approximate surface area is 187 Å². The van der Waals surface area contributed by atoms with Crippen molar-refractivity contribution in [3.63, 3.8) is 0 Å². The average molecular weight is 453 g/mol. The van der Waals surface area contributed by atoms with Gasteiger partial charge in [0, 0.05) is 52.4 Å². The van der Waals surface area contributed by atoms with Gasteiger partial charge < -0.3 is 10.6 Å². The van der Waals surface area contributed by atoms with Crippen LogP contribution in [0, 0.1) is 0 Å². The molecule has 8 heteroatoms. The first-order valence-electron chi connectivity index (χ1n) is 11.1. The lowest BCUT2D eigenvalue weighted by Crippen LogP contribution is -2.55. The molecule has 2 aliphatic heterocycles. The topological polar surface area (TPSA) is 30.5 Å². The highest BCUT2D eigenvalue weighted by molar-refractivity contribution is 5.16. The van der Waals surface area contributed by atoms with E-state index in [0.717, 1.165) is 25.2 Å². The van der Waals surface area contributed by atoms with Crippen molar-refractivity contribution in [2.75, 3.05) is 39.3 Å². The van der Waals surface area contributed by atoms with Gasteiger partial charge in [0.15, 0.2) is 0 Å². The van der Waals surface area contributed by atoms with Crippen LogP contribution in [0.2, 0.25) is 0 Å².